The lowest BCUT2D eigenvalue weighted by Crippen LogP contribution is -2.28. The van der Waals surface area contributed by atoms with Crippen molar-refractivity contribution in [1.82, 2.24) is 20.5 Å². The van der Waals surface area contributed by atoms with Gasteiger partial charge in [0, 0.05) is 6.54 Å². The normalized spacial score (nSPS) is 11.3. The standard InChI is InChI=1S/C6H11N5O3S/c7-15(13,14)3-1-2-8-6(12)5-9-4-10-11-5/h4H,1-3H2,(H,8,12)(H2,7,13,14)(H,9,10,11). The Kier molecular flexibility index (Phi) is 3.74. The molecule has 0 saturated heterocycles. The average Bonchev–Trinajstić information content (AvgIpc) is 2.63. The highest BCUT2D eigenvalue weighted by molar-refractivity contribution is 7.89. The van der Waals surface area contributed by atoms with E-state index in [9.17, 15) is 13.2 Å². The van der Waals surface area contributed by atoms with Crippen LogP contribution in [0.3, 0.4) is 0 Å². The van der Waals surface area contributed by atoms with Crippen LogP contribution in [-0.4, -0.2) is 41.8 Å². The Labute approximate surface area is 86.3 Å². The smallest absolute Gasteiger partial charge is 0.288 e. The molecule has 0 aliphatic heterocycles. The molecule has 0 aromatic carbocycles. The minimum Gasteiger partial charge on any atom is -0.349 e. The maximum atomic E-state index is 11.2. The number of aromatic amines is 1. The molecule has 15 heavy (non-hydrogen) atoms. The van der Waals surface area contributed by atoms with Gasteiger partial charge in [0.25, 0.3) is 5.91 Å². The SMILES string of the molecule is NS(=O)(=O)CCCNC(=O)c1ncn[nH]1. The highest BCUT2D eigenvalue weighted by atomic mass is 32.2. The molecule has 0 aliphatic carbocycles. The van der Waals surface area contributed by atoms with Crippen LogP contribution in [0.15, 0.2) is 6.33 Å². The van der Waals surface area contributed by atoms with E-state index < -0.39 is 15.9 Å². The largest absolute Gasteiger partial charge is 0.349 e. The Hall–Kier alpha value is -1.48. The number of nitrogens with one attached hydrogen (secondary N) is 2. The van der Waals surface area contributed by atoms with Crippen LogP contribution in [0.5, 0.6) is 0 Å². The molecule has 0 atom stereocenters. The van der Waals surface area contributed by atoms with Gasteiger partial charge < -0.3 is 5.32 Å². The first-order valence-corrected chi connectivity index (χ1v) is 5.84. The number of primary sulfonamides is 1. The zero-order valence-corrected chi connectivity index (χ0v) is 8.62. The van der Waals surface area contributed by atoms with Crippen LogP contribution in [0.2, 0.25) is 0 Å². The number of aromatic nitrogens is 3. The van der Waals surface area contributed by atoms with Crippen molar-refractivity contribution in [3.63, 3.8) is 0 Å². The maximum Gasteiger partial charge on any atom is 0.288 e. The topological polar surface area (TPSA) is 131 Å². The van der Waals surface area contributed by atoms with Crippen LogP contribution in [-0.2, 0) is 10.0 Å². The Morgan fingerprint density at radius 2 is 2.33 bits per heavy atom. The lowest BCUT2D eigenvalue weighted by molar-refractivity contribution is 0.0943. The Balaban J connectivity index is 2.24. The molecule has 0 spiro atoms. The predicted molar refractivity (Wildman–Crippen MR) is 51.3 cm³/mol. The van der Waals surface area contributed by atoms with Crippen LogP contribution < -0.4 is 10.5 Å². The van der Waals surface area contributed by atoms with Gasteiger partial charge in [-0.1, -0.05) is 0 Å². The van der Waals surface area contributed by atoms with Gasteiger partial charge in [-0.15, -0.1) is 0 Å². The molecule has 1 amide bonds. The van der Waals surface area contributed by atoms with Crippen molar-refractivity contribution in [3.05, 3.63) is 12.2 Å². The van der Waals surface area contributed by atoms with E-state index in [4.69, 9.17) is 5.14 Å². The number of hydrogen-bond donors (Lipinski definition) is 3. The van der Waals surface area contributed by atoms with E-state index in [2.05, 4.69) is 20.5 Å². The van der Waals surface area contributed by atoms with Gasteiger partial charge in [-0.05, 0) is 6.42 Å². The molecule has 8 nitrogen and oxygen atoms in total. The fourth-order valence-electron chi connectivity index (χ4n) is 0.874. The average molecular weight is 233 g/mol. The number of carbonyl (C=O) groups excluding carboxylic acids is 1. The first-order valence-electron chi connectivity index (χ1n) is 4.13. The van der Waals surface area contributed by atoms with Crippen molar-refractivity contribution in [2.75, 3.05) is 12.3 Å². The number of hydrogen-bond acceptors (Lipinski definition) is 5. The van der Waals surface area contributed by atoms with Crippen LogP contribution in [0, 0.1) is 0 Å². The zero-order chi connectivity index (χ0) is 11.3. The van der Waals surface area contributed by atoms with Crippen molar-refractivity contribution in [1.29, 1.82) is 0 Å². The second-order valence-corrected chi connectivity index (χ2v) is 4.54. The fraction of sp³-hybridized carbons (Fsp3) is 0.500. The minimum atomic E-state index is -3.46. The van der Waals surface area contributed by atoms with Crippen molar-refractivity contribution >= 4 is 15.9 Å². The maximum absolute atomic E-state index is 11.2. The van der Waals surface area contributed by atoms with E-state index in [1.54, 1.807) is 0 Å². The van der Waals surface area contributed by atoms with E-state index in [0.717, 1.165) is 0 Å². The summed E-state index contributed by atoms with van der Waals surface area (Å²) in [6, 6.07) is 0. The number of carbonyl (C=O) groups is 1. The summed E-state index contributed by atoms with van der Waals surface area (Å²) >= 11 is 0. The second-order valence-electron chi connectivity index (χ2n) is 2.81. The first kappa shape index (κ1) is 11.6. The predicted octanol–water partition coefficient (Wildman–Crippen LogP) is -1.79. The minimum absolute atomic E-state index is 0.0885. The van der Waals surface area contributed by atoms with E-state index in [1.807, 2.05) is 0 Å². The zero-order valence-electron chi connectivity index (χ0n) is 7.80. The summed E-state index contributed by atoms with van der Waals surface area (Å²) in [4.78, 5) is 14.8. The fourth-order valence-corrected chi connectivity index (χ4v) is 1.42. The number of amides is 1. The number of nitrogens with zero attached hydrogens (tertiary/aromatic N) is 2. The molecule has 9 heteroatoms. The van der Waals surface area contributed by atoms with Gasteiger partial charge in [-0.2, -0.15) is 5.10 Å². The summed E-state index contributed by atoms with van der Waals surface area (Å²) in [6.07, 6.45) is 1.47. The summed E-state index contributed by atoms with van der Waals surface area (Å²) in [5, 5.41) is 13.1. The number of nitrogens with two attached hydrogens (primary N) is 1. The number of sulfonamides is 1. The number of rotatable bonds is 5. The molecule has 0 radical (unpaired) electrons. The van der Waals surface area contributed by atoms with Crippen molar-refractivity contribution in [3.8, 4) is 0 Å². The van der Waals surface area contributed by atoms with Gasteiger partial charge >= 0.3 is 0 Å². The first-order chi connectivity index (χ1) is 6.99. The van der Waals surface area contributed by atoms with Gasteiger partial charge in [0.1, 0.15) is 6.33 Å². The Bertz CT molecular complexity index is 412. The van der Waals surface area contributed by atoms with Crippen molar-refractivity contribution < 1.29 is 13.2 Å². The van der Waals surface area contributed by atoms with Crippen LogP contribution >= 0.6 is 0 Å². The lowest BCUT2D eigenvalue weighted by Gasteiger charge is -2.01. The third kappa shape index (κ3) is 4.51. The molecule has 1 rings (SSSR count). The molecule has 0 saturated carbocycles. The highest BCUT2D eigenvalue weighted by Gasteiger charge is 2.08. The molecule has 0 fully saturated rings. The Morgan fingerprint density at radius 3 is 2.87 bits per heavy atom. The van der Waals surface area contributed by atoms with Crippen LogP contribution in [0.4, 0.5) is 0 Å². The lowest BCUT2D eigenvalue weighted by atomic mass is 10.4. The van der Waals surface area contributed by atoms with Gasteiger partial charge in [-0.3, -0.25) is 9.89 Å². The third-order valence-electron chi connectivity index (χ3n) is 1.52. The molecular formula is C6H11N5O3S. The third-order valence-corrected chi connectivity index (χ3v) is 2.38. The molecule has 0 unspecified atom stereocenters. The van der Waals surface area contributed by atoms with E-state index >= 15 is 0 Å². The van der Waals surface area contributed by atoms with E-state index in [0.29, 0.717) is 0 Å². The molecule has 0 aliphatic rings. The van der Waals surface area contributed by atoms with E-state index in [1.165, 1.54) is 6.33 Å². The molecule has 1 aromatic rings. The summed E-state index contributed by atoms with van der Waals surface area (Å²) in [5.41, 5.74) is 0. The van der Waals surface area contributed by atoms with Gasteiger partial charge in [-0.25, -0.2) is 18.5 Å². The Morgan fingerprint density at radius 1 is 1.60 bits per heavy atom. The van der Waals surface area contributed by atoms with Crippen LogP contribution in [0.1, 0.15) is 17.0 Å². The molecule has 1 heterocycles. The molecule has 84 valence electrons. The molecule has 4 N–H and O–H groups in total. The van der Waals surface area contributed by atoms with Crippen LogP contribution in [0.25, 0.3) is 0 Å². The highest BCUT2D eigenvalue weighted by Crippen LogP contribution is 1.87. The van der Waals surface area contributed by atoms with E-state index in [-0.39, 0.29) is 24.5 Å². The van der Waals surface area contributed by atoms with Crippen molar-refractivity contribution in [2.24, 2.45) is 5.14 Å². The summed E-state index contributed by atoms with van der Waals surface area (Å²) in [6.45, 7) is 0.218. The van der Waals surface area contributed by atoms with Gasteiger partial charge in [0.15, 0.2) is 0 Å². The molecular weight excluding hydrogens is 222 g/mol. The molecule has 0 bridgehead atoms. The summed E-state index contributed by atoms with van der Waals surface area (Å²) in [5.74, 6) is -0.503. The molecule has 1 aromatic heterocycles. The monoisotopic (exact) mass is 233 g/mol. The van der Waals surface area contributed by atoms with Gasteiger partial charge in [0.05, 0.1) is 5.75 Å². The van der Waals surface area contributed by atoms with Gasteiger partial charge in [0.2, 0.25) is 15.8 Å². The quantitative estimate of drug-likeness (QED) is 0.517. The summed E-state index contributed by atoms with van der Waals surface area (Å²) in [7, 11) is -3.46. The van der Waals surface area contributed by atoms with Crippen molar-refractivity contribution in [2.45, 2.75) is 6.42 Å². The second kappa shape index (κ2) is 4.84. The number of H-pyrrole nitrogens is 1. The summed E-state index contributed by atoms with van der Waals surface area (Å²) < 4.78 is 21.1.